The molecule has 1 aromatic rings. The van der Waals surface area contributed by atoms with Crippen LogP contribution >= 0.6 is 0 Å². The molecule has 24 heavy (non-hydrogen) atoms. The summed E-state index contributed by atoms with van der Waals surface area (Å²) >= 11 is 0. The maximum Gasteiger partial charge on any atom is 0.248 e. The summed E-state index contributed by atoms with van der Waals surface area (Å²) in [4.78, 5) is 25.1. The Morgan fingerprint density at radius 3 is 2.67 bits per heavy atom. The van der Waals surface area contributed by atoms with E-state index in [0.29, 0.717) is 31.9 Å². The Labute approximate surface area is 140 Å². The van der Waals surface area contributed by atoms with Gasteiger partial charge in [0.1, 0.15) is 24.3 Å². The Bertz CT molecular complexity index is 564. The molecule has 132 valence electrons. The van der Waals surface area contributed by atoms with Crippen LogP contribution in [0, 0.1) is 11.7 Å². The van der Waals surface area contributed by atoms with Gasteiger partial charge in [-0.05, 0) is 31.2 Å². The zero-order chi connectivity index (χ0) is 17.5. The van der Waals surface area contributed by atoms with Crippen molar-refractivity contribution >= 4 is 11.8 Å². The first-order valence-electron chi connectivity index (χ1n) is 8.05. The van der Waals surface area contributed by atoms with Gasteiger partial charge in [0.05, 0.1) is 0 Å². The van der Waals surface area contributed by atoms with Crippen LogP contribution in [0.4, 0.5) is 4.39 Å². The lowest BCUT2D eigenvalue weighted by Crippen LogP contribution is -2.49. The van der Waals surface area contributed by atoms with Gasteiger partial charge in [-0.3, -0.25) is 9.59 Å². The largest absolute Gasteiger partial charge is 0.490 e. The van der Waals surface area contributed by atoms with Gasteiger partial charge in [0.25, 0.3) is 0 Å². The highest BCUT2D eigenvalue weighted by molar-refractivity contribution is 5.78. The molecule has 1 fully saturated rings. The zero-order valence-electron chi connectivity index (χ0n) is 13.7. The van der Waals surface area contributed by atoms with Crippen molar-refractivity contribution in [2.75, 3.05) is 26.3 Å². The van der Waals surface area contributed by atoms with Crippen molar-refractivity contribution in [1.82, 2.24) is 4.90 Å². The van der Waals surface area contributed by atoms with Gasteiger partial charge in [0.2, 0.25) is 11.8 Å². The maximum absolute atomic E-state index is 13.0. The molecule has 0 spiro atoms. The zero-order valence-corrected chi connectivity index (χ0v) is 13.7. The lowest BCUT2D eigenvalue weighted by Gasteiger charge is -2.38. The number of halogens is 1. The third-order valence-corrected chi connectivity index (χ3v) is 4.01. The molecule has 0 bridgehead atoms. The first kappa shape index (κ1) is 18.2. The number of primary amides is 1. The van der Waals surface area contributed by atoms with Crippen LogP contribution < -0.4 is 10.5 Å². The summed E-state index contributed by atoms with van der Waals surface area (Å²) in [6.07, 6.45) is 0.455. The summed E-state index contributed by atoms with van der Waals surface area (Å²) < 4.78 is 24.0. The highest BCUT2D eigenvalue weighted by atomic mass is 19.1. The van der Waals surface area contributed by atoms with Gasteiger partial charge in [-0.25, -0.2) is 4.39 Å². The second kappa shape index (κ2) is 8.63. The van der Waals surface area contributed by atoms with Crippen molar-refractivity contribution < 1.29 is 23.5 Å². The Morgan fingerprint density at radius 2 is 2.04 bits per heavy atom. The highest BCUT2D eigenvalue weighted by Gasteiger charge is 2.33. The van der Waals surface area contributed by atoms with E-state index in [1.165, 1.54) is 12.1 Å². The Balaban J connectivity index is 2.01. The van der Waals surface area contributed by atoms with E-state index in [-0.39, 0.29) is 36.8 Å². The number of hydrogen-bond acceptors (Lipinski definition) is 4. The highest BCUT2D eigenvalue weighted by Crippen LogP contribution is 2.26. The predicted octanol–water partition coefficient (Wildman–Crippen LogP) is 1.33. The Kier molecular flexibility index (Phi) is 6.54. The fourth-order valence-corrected chi connectivity index (χ4v) is 2.82. The summed E-state index contributed by atoms with van der Waals surface area (Å²) in [6, 6.07) is 5.73. The van der Waals surface area contributed by atoms with Gasteiger partial charge in [0, 0.05) is 38.5 Å². The molecular weight excluding hydrogens is 315 g/mol. The summed E-state index contributed by atoms with van der Waals surface area (Å²) in [5.74, 6) is -0.553. The van der Waals surface area contributed by atoms with Crippen LogP contribution in [-0.4, -0.2) is 49.1 Å². The van der Waals surface area contributed by atoms with Crippen molar-refractivity contribution in [2.24, 2.45) is 11.7 Å². The molecule has 1 aliphatic heterocycles. The molecule has 1 aromatic carbocycles. The Morgan fingerprint density at radius 1 is 1.33 bits per heavy atom. The molecule has 0 saturated carbocycles. The minimum absolute atomic E-state index is 0.0310. The summed E-state index contributed by atoms with van der Waals surface area (Å²) in [5.41, 5.74) is 5.33. The normalized spacial score (nSPS) is 20.7. The minimum Gasteiger partial charge on any atom is -0.490 e. The van der Waals surface area contributed by atoms with E-state index >= 15 is 0 Å². The van der Waals surface area contributed by atoms with Crippen molar-refractivity contribution in [1.29, 1.82) is 0 Å². The number of piperidine rings is 1. The third-order valence-electron chi connectivity index (χ3n) is 4.01. The molecule has 0 aromatic heterocycles. The standard InChI is InChI=1S/C17H23FN2O4/c1-2-23-11-17(22)20-8-7-15(12(10-20)9-16(19)21)24-14-5-3-13(18)4-6-14/h3-6,12,15H,2,7-11H2,1H3,(H2,19,21)/t12-,15-/m0/s1. The molecule has 7 heteroatoms. The third kappa shape index (κ3) is 5.19. The number of likely N-dealkylation sites (tertiary alicyclic amines) is 1. The van der Waals surface area contributed by atoms with Gasteiger partial charge >= 0.3 is 0 Å². The first-order valence-corrected chi connectivity index (χ1v) is 8.05. The van der Waals surface area contributed by atoms with E-state index in [9.17, 15) is 14.0 Å². The maximum atomic E-state index is 13.0. The monoisotopic (exact) mass is 338 g/mol. The number of rotatable bonds is 7. The second-order valence-corrected chi connectivity index (χ2v) is 5.81. The molecular formula is C17H23FN2O4. The van der Waals surface area contributed by atoms with Crippen LogP contribution in [0.5, 0.6) is 5.75 Å². The predicted molar refractivity (Wildman–Crippen MR) is 85.8 cm³/mol. The number of nitrogens with two attached hydrogens (primary N) is 1. The number of amides is 2. The summed E-state index contributed by atoms with van der Waals surface area (Å²) in [7, 11) is 0. The van der Waals surface area contributed by atoms with Gasteiger partial charge < -0.3 is 20.1 Å². The molecule has 2 N–H and O–H groups in total. The first-order chi connectivity index (χ1) is 11.5. The van der Waals surface area contributed by atoms with Crippen LogP contribution in [0.1, 0.15) is 19.8 Å². The molecule has 1 heterocycles. The lowest BCUT2D eigenvalue weighted by atomic mass is 9.91. The number of hydrogen-bond donors (Lipinski definition) is 1. The van der Waals surface area contributed by atoms with E-state index in [4.69, 9.17) is 15.2 Å². The lowest BCUT2D eigenvalue weighted by molar-refractivity contribution is -0.140. The summed E-state index contributed by atoms with van der Waals surface area (Å²) in [5, 5.41) is 0. The topological polar surface area (TPSA) is 81.9 Å². The van der Waals surface area contributed by atoms with Crippen molar-refractivity contribution in [2.45, 2.75) is 25.9 Å². The molecule has 0 aliphatic carbocycles. The van der Waals surface area contributed by atoms with Crippen molar-refractivity contribution in [3.05, 3.63) is 30.1 Å². The van der Waals surface area contributed by atoms with E-state index in [1.807, 2.05) is 6.92 Å². The van der Waals surface area contributed by atoms with E-state index in [1.54, 1.807) is 17.0 Å². The van der Waals surface area contributed by atoms with Crippen LogP contribution in [0.25, 0.3) is 0 Å². The van der Waals surface area contributed by atoms with Gasteiger partial charge in [-0.1, -0.05) is 0 Å². The molecule has 2 atom stereocenters. The molecule has 1 aliphatic rings. The smallest absolute Gasteiger partial charge is 0.248 e. The summed E-state index contributed by atoms with van der Waals surface area (Å²) in [6.45, 7) is 3.24. The van der Waals surface area contributed by atoms with Gasteiger partial charge in [-0.15, -0.1) is 0 Å². The number of carbonyl (C=O) groups excluding carboxylic acids is 2. The van der Waals surface area contributed by atoms with Crippen LogP contribution in [-0.2, 0) is 14.3 Å². The molecule has 2 rings (SSSR count). The molecule has 0 radical (unpaired) electrons. The number of benzene rings is 1. The quantitative estimate of drug-likeness (QED) is 0.813. The molecule has 2 amide bonds. The minimum atomic E-state index is -0.438. The second-order valence-electron chi connectivity index (χ2n) is 5.81. The van der Waals surface area contributed by atoms with Crippen LogP contribution in [0.3, 0.4) is 0 Å². The average molecular weight is 338 g/mol. The SMILES string of the molecule is CCOCC(=O)N1CC[C@H](Oc2ccc(F)cc2)[C@@H](CC(N)=O)C1. The van der Waals surface area contributed by atoms with Crippen LogP contribution in [0.2, 0.25) is 0 Å². The number of carbonyl (C=O) groups is 2. The van der Waals surface area contributed by atoms with Gasteiger partial charge in [0.15, 0.2) is 0 Å². The van der Waals surface area contributed by atoms with Gasteiger partial charge in [-0.2, -0.15) is 0 Å². The number of ether oxygens (including phenoxy) is 2. The average Bonchev–Trinajstić information content (AvgIpc) is 2.55. The van der Waals surface area contributed by atoms with Crippen LogP contribution in [0.15, 0.2) is 24.3 Å². The molecule has 0 unspecified atom stereocenters. The van der Waals surface area contributed by atoms with E-state index in [0.717, 1.165) is 0 Å². The van der Waals surface area contributed by atoms with Crippen molar-refractivity contribution in [3.8, 4) is 5.75 Å². The molecule has 1 saturated heterocycles. The fourth-order valence-electron chi connectivity index (χ4n) is 2.82. The Hall–Kier alpha value is -2.15. The fraction of sp³-hybridized carbons (Fsp3) is 0.529. The number of nitrogens with zero attached hydrogens (tertiary/aromatic N) is 1. The van der Waals surface area contributed by atoms with Crippen molar-refractivity contribution in [3.63, 3.8) is 0 Å². The van der Waals surface area contributed by atoms with E-state index in [2.05, 4.69) is 0 Å². The van der Waals surface area contributed by atoms with E-state index < -0.39 is 5.91 Å². The molecule has 6 nitrogen and oxygen atoms in total.